The summed E-state index contributed by atoms with van der Waals surface area (Å²) < 4.78 is 6.28. The van der Waals surface area contributed by atoms with Crippen LogP contribution in [0.5, 0.6) is 11.5 Å². The van der Waals surface area contributed by atoms with Crippen molar-refractivity contribution >= 4 is 0 Å². The maximum atomic E-state index is 12.0. The minimum absolute atomic E-state index is 0.134. The SMILES string of the molecule is C=C1CC[C@@]2(O)[C@H]3Cc4ccc(O)c5c4[C@@]2(CCN3CCCC)[C@H]1O5. The van der Waals surface area contributed by atoms with Gasteiger partial charge in [0.2, 0.25) is 0 Å². The average Bonchev–Trinajstić information content (AvgIpc) is 2.95. The highest BCUT2D eigenvalue weighted by Crippen LogP contribution is 2.66. The molecule has 4 heteroatoms. The molecule has 2 heterocycles. The summed E-state index contributed by atoms with van der Waals surface area (Å²) in [5.41, 5.74) is 2.15. The topological polar surface area (TPSA) is 52.9 Å². The van der Waals surface area contributed by atoms with Gasteiger partial charge in [0.25, 0.3) is 0 Å². The number of piperidine rings is 1. The molecule has 0 unspecified atom stereocenters. The Morgan fingerprint density at radius 1 is 1.36 bits per heavy atom. The van der Waals surface area contributed by atoms with Crippen LogP contribution in [0.3, 0.4) is 0 Å². The van der Waals surface area contributed by atoms with Gasteiger partial charge in [-0.2, -0.15) is 0 Å². The number of ether oxygens (including phenoxy) is 1. The lowest BCUT2D eigenvalue weighted by atomic mass is 9.48. The third-order valence-electron chi connectivity index (χ3n) is 7.32. The van der Waals surface area contributed by atoms with Gasteiger partial charge in [0, 0.05) is 11.6 Å². The van der Waals surface area contributed by atoms with Gasteiger partial charge >= 0.3 is 0 Å². The van der Waals surface area contributed by atoms with Gasteiger partial charge in [-0.25, -0.2) is 0 Å². The standard InChI is InChI=1S/C21H27NO3/c1-3-4-10-22-11-9-20-17-14-5-6-15(23)18(17)25-19(20)13(2)7-8-21(20,24)16(22)12-14/h5-6,16,19,23-24H,2-4,7-12H2,1H3/t16-,19+,20+,21-/m1/s1. The number of aliphatic hydroxyl groups is 1. The normalized spacial score (nSPS) is 38.4. The Morgan fingerprint density at radius 3 is 3.00 bits per heavy atom. The fourth-order valence-corrected chi connectivity index (χ4v) is 6.17. The van der Waals surface area contributed by atoms with E-state index in [0.717, 1.165) is 49.9 Å². The number of likely N-dealkylation sites (tertiary alicyclic amines) is 1. The van der Waals surface area contributed by atoms with Crippen molar-refractivity contribution in [1.82, 2.24) is 4.90 Å². The third-order valence-corrected chi connectivity index (χ3v) is 7.32. The number of hydrogen-bond donors (Lipinski definition) is 2. The number of nitrogens with zero attached hydrogens (tertiary/aromatic N) is 1. The van der Waals surface area contributed by atoms with Crippen molar-refractivity contribution in [2.75, 3.05) is 13.1 Å². The van der Waals surface area contributed by atoms with Crippen molar-refractivity contribution in [2.45, 2.75) is 68.6 Å². The van der Waals surface area contributed by atoms with Crippen molar-refractivity contribution in [3.8, 4) is 11.5 Å². The Bertz CT molecular complexity index is 760. The third kappa shape index (κ3) is 1.70. The Kier molecular flexibility index (Phi) is 3.15. The lowest BCUT2D eigenvalue weighted by Crippen LogP contribution is -2.75. The van der Waals surface area contributed by atoms with Gasteiger partial charge in [0.1, 0.15) is 6.10 Å². The molecule has 2 aliphatic carbocycles. The fourth-order valence-electron chi connectivity index (χ4n) is 6.17. The number of hydrogen-bond acceptors (Lipinski definition) is 4. The molecule has 0 aromatic heterocycles. The highest BCUT2D eigenvalue weighted by atomic mass is 16.5. The van der Waals surface area contributed by atoms with E-state index in [4.69, 9.17) is 4.74 Å². The molecule has 2 N–H and O–H groups in total. The van der Waals surface area contributed by atoms with Gasteiger partial charge in [-0.3, -0.25) is 4.90 Å². The quantitative estimate of drug-likeness (QED) is 0.830. The molecule has 2 bridgehead atoms. The van der Waals surface area contributed by atoms with Crippen LogP contribution in [-0.4, -0.2) is 45.9 Å². The summed E-state index contributed by atoms with van der Waals surface area (Å²) in [5.74, 6) is 0.800. The van der Waals surface area contributed by atoms with Crippen molar-refractivity contribution in [3.63, 3.8) is 0 Å². The first-order valence-electron chi connectivity index (χ1n) is 9.69. The van der Waals surface area contributed by atoms with Gasteiger partial charge in [-0.05, 0) is 62.4 Å². The second kappa shape index (κ2) is 5.01. The zero-order chi connectivity index (χ0) is 17.4. The van der Waals surface area contributed by atoms with Crippen LogP contribution < -0.4 is 4.74 Å². The van der Waals surface area contributed by atoms with Crippen LogP contribution in [0.15, 0.2) is 24.3 Å². The highest BCUT2D eigenvalue weighted by molar-refractivity contribution is 5.63. The first-order chi connectivity index (χ1) is 12.0. The molecule has 4 nitrogen and oxygen atoms in total. The fraction of sp³-hybridized carbons (Fsp3) is 0.619. The zero-order valence-corrected chi connectivity index (χ0v) is 14.9. The van der Waals surface area contributed by atoms with Crippen LogP contribution >= 0.6 is 0 Å². The van der Waals surface area contributed by atoms with E-state index in [1.165, 1.54) is 18.4 Å². The molecule has 0 amide bonds. The summed E-state index contributed by atoms with van der Waals surface area (Å²) in [6, 6.07) is 3.92. The number of aromatic hydroxyl groups is 1. The average molecular weight is 341 g/mol. The molecular weight excluding hydrogens is 314 g/mol. The summed E-state index contributed by atoms with van der Waals surface area (Å²) in [7, 11) is 0. The van der Waals surface area contributed by atoms with Gasteiger partial charge in [0.15, 0.2) is 11.5 Å². The molecule has 1 saturated carbocycles. The van der Waals surface area contributed by atoms with E-state index >= 15 is 0 Å². The summed E-state index contributed by atoms with van der Waals surface area (Å²) in [5, 5.41) is 22.4. The van der Waals surface area contributed by atoms with Crippen LogP contribution in [-0.2, 0) is 11.8 Å². The van der Waals surface area contributed by atoms with Crippen molar-refractivity contribution in [2.24, 2.45) is 0 Å². The van der Waals surface area contributed by atoms with Crippen LogP contribution in [0.1, 0.15) is 50.2 Å². The van der Waals surface area contributed by atoms with Gasteiger partial charge in [0.05, 0.1) is 11.0 Å². The largest absolute Gasteiger partial charge is 0.504 e. The molecule has 2 aliphatic heterocycles. The lowest BCUT2D eigenvalue weighted by Gasteiger charge is -2.63. The smallest absolute Gasteiger partial charge is 0.166 e. The zero-order valence-electron chi connectivity index (χ0n) is 14.9. The Hall–Kier alpha value is -1.52. The summed E-state index contributed by atoms with van der Waals surface area (Å²) in [4.78, 5) is 2.51. The minimum Gasteiger partial charge on any atom is -0.504 e. The van der Waals surface area contributed by atoms with Crippen LogP contribution in [0, 0.1) is 0 Å². The molecule has 4 atom stereocenters. The van der Waals surface area contributed by atoms with E-state index < -0.39 is 11.0 Å². The van der Waals surface area contributed by atoms with E-state index in [1.54, 1.807) is 6.07 Å². The minimum atomic E-state index is -0.795. The molecule has 2 fully saturated rings. The lowest BCUT2D eigenvalue weighted by molar-refractivity contribution is -0.174. The first kappa shape index (κ1) is 15.7. The van der Waals surface area contributed by atoms with E-state index in [1.807, 2.05) is 6.07 Å². The Morgan fingerprint density at radius 2 is 2.20 bits per heavy atom. The summed E-state index contributed by atoms with van der Waals surface area (Å²) in [6.45, 7) is 8.52. The predicted molar refractivity (Wildman–Crippen MR) is 96.1 cm³/mol. The molecule has 1 aromatic rings. The second-order valence-electron chi connectivity index (χ2n) is 8.36. The molecular formula is C21H27NO3. The van der Waals surface area contributed by atoms with E-state index in [2.05, 4.69) is 18.4 Å². The molecule has 25 heavy (non-hydrogen) atoms. The monoisotopic (exact) mass is 341 g/mol. The molecule has 134 valence electrons. The van der Waals surface area contributed by atoms with Gasteiger partial charge < -0.3 is 14.9 Å². The predicted octanol–water partition coefficient (Wildman–Crippen LogP) is 2.90. The summed E-state index contributed by atoms with van der Waals surface area (Å²) >= 11 is 0. The van der Waals surface area contributed by atoms with Crippen LogP contribution in [0.2, 0.25) is 0 Å². The Labute approximate surface area is 149 Å². The van der Waals surface area contributed by atoms with Gasteiger partial charge in [-0.1, -0.05) is 26.0 Å². The molecule has 0 radical (unpaired) electrons. The van der Waals surface area contributed by atoms with Crippen LogP contribution in [0.4, 0.5) is 0 Å². The number of benzene rings is 1. The molecule has 5 rings (SSSR count). The number of phenols is 1. The summed E-state index contributed by atoms with van der Waals surface area (Å²) in [6.07, 6.45) is 5.39. The molecule has 1 aromatic carbocycles. The molecule has 1 saturated heterocycles. The Balaban J connectivity index is 1.72. The second-order valence-corrected chi connectivity index (χ2v) is 8.36. The van der Waals surface area contributed by atoms with E-state index in [0.29, 0.717) is 5.75 Å². The maximum Gasteiger partial charge on any atom is 0.166 e. The van der Waals surface area contributed by atoms with Crippen molar-refractivity contribution in [3.05, 3.63) is 35.4 Å². The highest BCUT2D eigenvalue weighted by Gasteiger charge is 2.71. The van der Waals surface area contributed by atoms with Crippen molar-refractivity contribution in [1.29, 1.82) is 0 Å². The first-order valence-corrected chi connectivity index (χ1v) is 9.69. The van der Waals surface area contributed by atoms with Crippen molar-refractivity contribution < 1.29 is 14.9 Å². The van der Waals surface area contributed by atoms with E-state index in [-0.39, 0.29) is 17.9 Å². The van der Waals surface area contributed by atoms with E-state index in [9.17, 15) is 10.2 Å². The van der Waals surface area contributed by atoms with Crippen LogP contribution in [0.25, 0.3) is 0 Å². The maximum absolute atomic E-state index is 12.0. The number of rotatable bonds is 3. The number of phenolic OH excluding ortho intramolecular Hbond substituents is 1. The molecule has 1 spiro atoms. The van der Waals surface area contributed by atoms with Gasteiger partial charge in [-0.15, -0.1) is 0 Å². The number of unbranched alkanes of at least 4 members (excludes halogenated alkanes) is 1. The molecule has 4 aliphatic rings.